The summed E-state index contributed by atoms with van der Waals surface area (Å²) >= 11 is 0. The van der Waals surface area contributed by atoms with Crippen LogP contribution in [0, 0.1) is 0 Å². The van der Waals surface area contributed by atoms with Gasteiger partial charge in [-0.05, 0) is 30.5 Å². The molecule has 0 aromatic heterocycles. The Morgan fingerprint density at radius 1 is 1.24 bits per heavy atom. The van der Waals surface area contributed by atoms with Crippen molar-refractivity contribution >= 4 is 5.91 Å². The standard InChI is InChI=1S/C15H24N2O4/c1-19-8-4-5-12(16)15(18)17-10-11-6-7-13(20-2)14(9-11)21-3/h6-7,9,12H,4-5,8,10,16H2,1-3H3,(H,17,18). The highest BCUT2D eigenvalue weighted by molar-refractivity contribution is 5.81. The quantitative estimate of drug-likeness (QED) is 0.666. The Bertz CT molecular complexity index is 451. The van der Waals surface area contributed by atoms with Crippen molar-refractivity contribution in [3.05, 3.63) is 23.8 Å². The van der Waals surface area contributed by atoms with Crippen molar-refractivity contribution in [3.8, 4) is 11.5 Å². The van der Waals surface area contributed by atoms with E-state index in [0.717, 1.165) is 12.0 Å². The minimum Gasteiger partial charge on any atom is -0.493 e. The van der Waals surface area contributed by atoms with Gasteiger partial charge in [-0.3, -0.25) is 4.79 Å². The number of carbonyl (C=O) groups is 1. The van der Waals surface area contributed by atoms with Gasteiger partial charge in [0.25, 0.3) is 0 Å². The highest BCUT2D eigenvalue weighted by atomic mass is 16.5. The molecule has 0 spiro atoms. The van der Waals surface area contributed by atoms with Gasteiger partial charge >= 0.3 is 0 Å². The van der Waals surface area contributed by atoms with Gasteiger partial charge in [0.2, 0.25) is 5.91 Å². The van der Waals surface area contributed by atoms with E-state index in [1.807, 2.05) is 12.1 Å². The van der Waals surface area contributed by atoms with Gasteiger partial charge in [0.1, 0.15) is 0 Å². The van der Waals surface area contributed by atoms with Gasteiger partial charge < -0.3 is 25.3 Å². The second-order valence-electron chi connectivity index (χ2n) is 4.65. The smallest absolute Gasteiger partial charge is 0.237 e. The van der Waals surface area contributed by atoms with Crippen molar-refractivity contribution in [2.45, 2.75) is 25.4 Å². The lowest BCUT2D eigenvalue weighted by Gasteiger charge is -2.13. The summed E-state index contributed by atoms with van der Waals surface area (Å²) in [4.78, 5) is 11.9. The Hall–Kier alpha value is -1.79. The fourth-order valence-corrected chi connectivity index (χ4v) is 1.89. The van der Waals surface area contributed by atoms with Crippen molar-refractivity contribution in [1.29, 1.82) is 0 Å². The minimum atomic E-state index is -0.514. The monoisotopic (exact) mass is 296 g/mol. The summed E-state index contributed by atoms with van der Waals surface area (Å²) in [5.74, 6) is 1.12. The van der Waals surface area contributed by atoms with E-state index in [0.29, 0.717) is 31.1 Å². The van der Waals surface area contributed by atoms with Crippen LogP contribution in [0.4, 0.5) is 0 Å². The van der Waals surface area contributed by atoms with Gasteiger partial charge in [-0.15, -0.1) is 0 Å². The topological polar surface area (TPSA) is 82.8 Å². The maximum atomic E-state index is 11.9. The van der Waals surface area contributed by atoms with E-state index in [2.05, 4.69) is 5.32 Å². The summed E-state index contributed by atoms with van der Waals surface area (Å²) in [6.45, 7) is 1.01. The summed E-state index contributed by atoms with van der Waals surface area (Å²) in [6.07, 6.45) is 1.37. The first kappa shape index (κ1) is 17.3. The van der Waals surface area contributed by atoms with E-state index in [-0.39, 0.29) is 5.91 Å². The lowest BCUT2D eigenvalue weighted by Crippen LogP contribution is -2.40. The molecule has 1 amide bonds. The Balaban J connectivity index is 2.49. The maximum Gasteiger partial charge on any atom is 0.237 e. The summed E-state index contributed by atoms with van der Waals surface area (Å²) in [7, 11) is 4.78. The number of nitrogens with one attached hydrogen (secondary N) is 1. The number of benzene rings is 1. The van der Waals surface area contributed by atoms with E-state index < -0.39 is 6.04 Å². The Morgan fingerprint density at radius 2 is 1.95 bits per heavy atom. The van der Waals surface area contributed by atoms with E-state index >= 15 is 0 Å². The van der Waals surface area contributed by atoms with Crippen LogP contribution in [0.3, 0.4) is 0 Å². The van der Waals surface area contributed by atoms with Crippen molar-refractivity contribution in [3.63, 3.8) is 0 Å². The number of ether oxygens (including phenoxy) is 3. The number of rotatable bonds is 9. The zero-order valence-electron chi connectivity index (χ0n) is 12.8. The van der Waals surface area contributed by atoms with E-state index in [9.17, 15) is 4.79 Å². The normalized spacial score (nSPS) is 11.8. The molecule has 6 nitrogen and oxygen atoms in total. The molecule has 1 rings (SSSR count). The number of carbonyl (C=O) groups excluding carboxylic acids is 1. The number of nitrogens with two attached hydrogens (primary N) is 1. The maximum absolute atomic E-state index is 11.9. The molecular weight excluding hydrogens is 272 g/mol. The fraction of sp³-hybridized carbons (Fsp3) is 0.533. The van der Waals surface area contributed by atoms with Crippen LogP contribution in [0.1, 0.15) is 18.4 Å². The zero-order valence-corrected chi connectivity index (χ0v) is 12.8. The average molecular weight is 296 g/mol. The summed E-state index contributed by atoms with van der Waals surface area (Å²) < 4.78 is 15.3. The molecule has 0 fully saturated rings. The molecule has 0 radical (unpaired) electrons. The summed E-state index contributed by atoms with van der Waals surface area (Å²) in [6, 6.07) is 4.99. The van der Waals surface area contributed by atoms with Crippen LogP contribution in [0.5, 0.6) is 11.5 Å². The first-order chi connectivity index (χ1) is 10.1. The predicted octanol–water partition coefficient (Wildman–Crippen LogP) is 1.07. The van der Waals surface area contributed by atoms with Crippen molar-refractivity contribution < 1.29 is 19.0 Å². The van der Waals surface area contributed by atoms with Gasteiger partial charge in [0.05, 0.1) is 20.3 Å². The first-order valence-electron chi connectivity index (χ1n) is 6.85. The molecular formula is C15H24N2O4. The van der Waals surface area contributed by atoms with E-state index in [4.69, 9.17) is 19.9 Å². The Kier molecular flexibility index (Phi) is 7.56. The van der Waals surface area contributed by atoms with Crippen LogP contribution >= 0.6 is 0 Å². The van der Waals surface area contributed by atoms with Crippen LogP contribution in [-0.2, 0) is 16.1 Å². The summed E-state index contributed by atoms with van der Waals surface area (Å²) in [5, 5.41) is 2.81. The molecule has 0 aliphatic rings. The molecule has 6 heteroatoms. The van der Waals surface area contributed by atoms with E-state index in [1.165, 1.54) is 0 Å². The highest BCUT2D eigenvalue weighted by Gasteiger charge is 2.13. The second kappa shape index (κ2) is 9.20. The Labute approximate surface area is 125 Å². The van der Waals surface area contributed by atoms with Gasteiger partial charge in [0, 0.05) is 20.3 Å². The number of hydrogen-bond acceptors (Lipinski definition) is 5. The third-order valence-electron chi connectivity index (χ3n) is 3.12. The lowest BCUT2D eigenvalue weighted by molar-refractivity contribution is -0.122. The van der Waals surface area contributed by atoms with Gasteiger partial charge in [0.15, 0.2) is 11.5 Å². The summed E-state index contributed by atoms with van der Waals surface area (Å²) in [5.41, 5.74) is 6.73. The molecule has 21 heavy (non-hydrogen) atoms. The third-order valence-corrected chi connectivity index (χ3v) is 3.12. The molecule has 118 valence electrons. The van der Waals surface area contributed by atoms with Crippen LogP contribution in [0.2, 0.25) is 0 Å². The largest absolute Gasteiger partial charge is 0.493 e. The zero-order chi connectivity index (χ0) is 15.7. The Morgan fingerprint density at radius 3 is 2.57 bits per heavy atom. The average Bonchev–Trinajstić information content (AvgIpc) is 2.52. The van der Waals surface area contributed by atoms with Gasteiger partial charge in [-0.1, -0.05) is 6.07 Å². The van der Waals surface area contributed by atoms with Crippen LogP contribution in [-0.4, -0.2) is 39.9 Å². The number of methoxy groups -OCH3 is 3. The molecule has 1 unspecified atom stereocenters. The van der Waals surface area contributed by atoms with Crippen molar-refractivity contribution in [1.82, 2.24) is 5.32 Å². The molecule has 0 aliphatic carbocycles. The molecule has 1 aromatic rings. The molecule has 1 atom stereocenters. The molecule has 3 N–H and O–H groups in total. The third kappa shape index (κ3) is 5.61. The lowest BCUT2D eigenvalue weighted by atomic mass is 10.1. The predicted molar refractivity (Wildman–Crippen MR) is 80.5 cm³/mol. The number of amides is 1. The minimum absolute atomic E-state index is 0.166. The molecule has 1 aromatic carbocycles. The van der Waals surface area contributed by atoms with Crippen LogP contribution in [0.25, 0.3) is 0 Å². The van der Waals surface area contributed by atoms with Crippen molar-refractivity contribution in [2.24, 2.45) is 5.73 Å². The molecule has 0 saturated heterocycles. The second-order valence-corrected chi connectivity index (χ2v) is 4.65. The van der Waals surface area contributed by atoms with Crippen LogP contribution < -0.4 is 20.5 Å². The SMILES string of the molecule is COCCCC(N)C(=O)NCc1ccc(OC)c(OC)c1. The van der Waals surface area contributed by atoms with Crippen LogP contribution in [0.15, 0.2) is 18.2 Å². The number of hydrogen-bond donors (Lipinski definition) is 2. The van der Waals surface area contributed by atoms with Gasteiger partial charge in [-0.2, -0.15) is 0 Å². The van der Waals surface area contributed by atoms with E-state index in [1.54, 1.807) is 27.4 Å². The first-order valence-corrected chi connectivity index (χ1v) is 6.85. The van der Waals surface area contributed by atoms with Crippen molar-refractivity contribution in [2.75, 3.05) is 27.9 Å². The molecule has 0 bridgehead atoms. The molecule has 0 heterocycles. The highest BCUT2D eigenvalue weighted by Crippen LogP contribution is 2.27. The fourth-order valence-electron chi connectivity index (χ4n) is 1.89. The molecule has 0 aliphatic heterocycles. The van der Waals surface area contributed by atoms with Gasteiger partial charge in [-0.25, -0.2) is 0 Å². The molecule has 0 saturated carbocycles.